The number of Topliss-reactive ketones (excluding diaryl/α,β-unsaturated/α-hetero) is 1. The van der Waals surface area contributed by atoms with Crippen molar-refractivity contribution in [2.75, 3.05) is 26.4 Å². The van der Waals surface area contributed by atoms with Gasteiger partial charge in [0.1, 0.15) is 29.7 Å². The highest BCUT2D eigenvalue weighted by atomic mass is 16.7. The predicted molar refractivity (Wildman–Crippen MR) is 336 cm³/mol. The topological polar surface area (TPSA) is 181 Å². The Labute approximate surface area is 541 Å². The normalized spacial score (nSPS) is 54.5. The van der Waals surface area contributed by atoms with Crippen LogP contribution in [0.4, 0.5) is 0 Å². The molecule has 30 atom stereocenters. The number of ether oxygens (including phenoxy) is 4. The fourth-order valence-corrected chi connectivity index (χ4v) is 30.8. The Bertz CT molecular complexity index is 3680. The number of hydrogen-bond donors (Lipinski definition) is 4. The number of ketones is 1. The Morgan fingerprint density at radius 1 is 0.880 bits per heavy atom. The molecule has 0 amide bonds. The average molecular weight is 1250 g/mol. The molecule has 0 unspecified atom stereocenters. The summed E-state index contributed by atoms with van der Waals surface area (Å²) in [4.78, 5) is 53.1. The van der Waals surface area contributed by atoms with Crippen molar-refractivity contribution < 1.29 is 53.1 Å². The number of carbonyl (C=O) groups is 3. The minimum Gasteiger partial charge on any atom is -0.469 e. The lowest BCUT2D eigenvalue weighted by Gasteiger charge is -2.74. The first-order valence-corrected chi connectivity index (χ1v) is 37.2. The number of aliphatic hydroxyl groups is 3. The summed E-state index contributed by atoms with van der Waals surface area (Å²) in [5.41, 5.74) is -6.08. The third kappa shape index (κ3) is 6.24. The molecule has 9 bridgehead atoms. The second kappa shape index (κ2) is 18.8. The average Bonchev–Trinajstić information content (AvgIpc) is 1.40. The van der Waals surface area contributed by atoms with Crippen molar-refractivity contribution in [3.8, 4) is 11.8 Å². The molecule has 0 radical (unpaired) electrons. The van der Waals surface area contributed by atoms with Crippen molar-refractivity contribution in [2.45, 2.75) is 201 Å². The molecule has 1 aromatic carbocycles. The summed E-state index contributed by atoms with van der Waals surface area (Å²) in [6, 6.07) is 13.3. The van der Waals surface area contributed by atoms with E-state index in [2.05, 4.69) is 89.8 Å². The molecular formula is C79H94N2O11. The van der Waals surface area contributed by atoms with Crippen molar-refractivity contribution in [2.24, 2.45) is 128 Å². The third-order valence-electron chi connectivity index (χ3n) is 33.2. The highest BCUT2D eigenvalue weighted by Gasteiger charge is 3.00. The molecular weight excluding hydrogens is 1150 g/mol. The van der Waals surface area contributed by atoms with Crippen LogP contribution in [-0.4, -0.2) is 106 Å². The van der Waals surface area contributed by atoms with Crippen LogP contribution < -0.4 is 5.32 Å². The molecule has 2 aromatic rings. The molecule has 15 fully saturated rings. The van der Waals surface area contributed by atoms with Gasteiger partial charge in [0.15, 0.2) is 17.5 Å². The molecule has 12 aliphatic carbocycles. The molecule has 10 saturated carbocycles. The zero-order chi connectivity index (χ0) is 61.5. The lowest BCUT2D eigenvalue weighted by atomic mass is 9.28. The number of esters is 2. The number of furan rings is 1. The highest BCUT2D eigenvalue weighted by Crippen LogP contribution is 2.92. The number of epoxide rings is 1. The lowest BCUT2D eigenvalue weighted by molar-refractivity contribution is -0.315. The van der Waals surface area contributed by atoms with Crippen molar-refractivity contribution in [1.82, 2.24) is 10.2 Å². The van der Waals surface area contributed by atoms with Gasteiger partial charge in [-0.2, -0.15) is 0 Å². The minimum absolute atomic E-state index is 0.0454. The molecule has 5 saturated heterocycles. The summed E-state index contributed by atoms with van der Waals surface area (Å²) in [6.07, 6.45) is 30.9. The Balaban J connectivity index is 0.787. The third-order valence-corrected chi connectivity index (χ3v) is 33.2. The summed E-state index contributed by atoms with van der Waals surface area (Å²) >= 11 is 0. The van der Waals surface area contributed by atoms with Gasteiger partial charge in [0.05, 0.1) is 54.9 Å². The fourth-order valence-electron chi connectivity index (χ4n) is 30.8. The summed E-state index contributed by atoms with van der Waals surface area (Å²) in [6.45, 7) is 3.80. The molecule has 13 heteroatoms. The quantitative estimate of drug-likeness (QED) is 0.0850. The van der Waals surface area contributed by atoms with Crippen LogP contribution in [-0.2, 0) is 51.8 Å². The zero-order valence-electron chi connectivity index (χ0n) is 53.7. The Morgan fingerprint density at radius 3 is 2.67 bits per heavy atom. The number of hydrogen-bond acceptors (Lipinski definition) is 13. The van der Waals surface area contributed by atoms with Crippen LogP contribution in [0.3, 0.4) is 0 Å². The summed E-state index contributed by atoms with van der Waals surface area (Å²) in [5.74, 6) is 8.08. The number of carbonyl (C=O) groups excluding carboxylic acids is 3. The van der Waals surface area contributed by atoms with Crippen LogP contribution in [0.15, 0.2) is 83.2 Å². The Morgan fingerprint density at radius 2 is 1.78 bits per heavy atom. The van der Waals surface area contributed by atoms with Gasteiger partial charge >= 0.3 is 11.9 Å². The monoisotopic (exact) mass is 1250 g/mol. The van der Waals surface area contributed by atoms with Crippen molar-refractivity contribution >= 4 is 17.7 Å². The van der Waals surface area contributed by atoms with Crippen LogP contribution in [0.1, 0.15) is 159 Å². The molecule has 21 rings (SSSR count). The van der Waals surface area contributed by atoms with E-state index in [-0.39, 0.29) is 71.6 Å². The molecule has 13 nitrogen and oxygen atoms in total. The second-order valence-corrected chi connectivity index (χ2v) is 35.0. The number of allylic oxidation sites excluding steroid dienone is 3. The number of rotatable bonds is 8. The van der Waals surface area contributed by atoms with Crippen LogP contribution in [0.25, 0.3) is 0 Å². The van der Waals surface area contributed by atoms with Gasteiger partial charge in [0.25, 0.3) is 0 Å². The van der Waals surface area contributed by atoms with Crippen molar-refractivity contribution in [1.29, 1.82) is 0 Å². The van der Waals surface area contributed by atoms with Gasteiger partial charge in [-0.3, -0.25) is 14.9 Å². The minimum atomic E-state index is -1.56. The maximum atomic E-state index is 18.2. The number of nitrogens with one attached hydrogen (secondary N) is 1. The van der Waals surface area contributed by atoms with Crippen molar-refractivity contribution in [3.05, 3.63) is 95.6 Å². The molecule has 4 N–H and O–H groups in total. The van der Waals surface area contributed by atoms with E-state index in [0.717, 1.165) is 109 Å². The van der Waals surface area contributed by atoms with E-state index in [1.165, 1.54) is 36.8 Å². The number of cyclic esters (lactones) is 1. The van der Waals surface area contributed by atoms with Crippen LogP contribution in [0.2, 0.25) is 0 Å². The summed E-state index contributed by atoms with van der Waals surface area (Å²) in [7, 11) is 0. The van der Waals surface area contributed by atoms with E-state index in [4.69, 9.17) is 23.4 Å². The number of fused-ring (bicyclic) bond motifs is 6. The first-order chi connectivity index (χ1) is 44.8. The maximum absolute atomic E-state index is 18.2. The highest BCUT2D eigenvalue weighted by molar-refractivity contribution is 5.94. The molecule has 92 heavy (non-hydrogen) atoms. The van der Waals surface area contributed by atoms with Gasteiger partial charge in [-0.05, 0) is 227 Å². The number of nitrogens with zero attached hydrogens (tertiary/aromatic N) is 1. The predicted octanol–water partition coefficient (Wildman–Crippen LogP) is 10.3. The molecule has 7 aliphatic heterocycles. The SMILES string of the molecule is C[C@]12C[C@@H]3C[C@@]45CCC[C@@H]4CC4=C[C@@H]6[C@]7(CC[C@@H]8C=CC[C@H]9[C@H]%10CCC[C@H]%10CC[C@@]689)O[C@]46[C@H]5C(=O)OC[C@@]64[C@@H]7C(=O)[C@@H](O)[C@@]5([C@H]34)[C@H]3C[C@H](Cc4ccccc4)CC[C@@H]3C#CC[C@@]1(c1ccoc1C[C@@H]([C@@H]1CC[C@H]3[C@H](C=CN4CNC[C@@H]34)C1)[C@H](O)CO)OC(=O)[C@H]1O[C@@]152. The lowest BCUT2D eigenvalue weighted by Crippen LogP contribution is -2.84. The van der Waals surface area contributed by atoms with Gasteiger partial charge in [0, 0.05) is 47.2 Å². The number of aliphatic hydroxyl groups excluding tert-OH is 3. The van der Waals surface area contributed by atoms with Crippen LogP contribution in [0, 0.1) is 140 Å². The van der Waals surface area contributed by atoms with E-state index in [0.29, 0.717) is 72.6 Å². The largest absolute Gasteiger partial charge is 0.469 e. The van der Waals surface area contributed by atoms with Gasteiger partial charge in [-0.15, -0.1) is 0 Å². The molecule has 486 valence electrons. The molecule has 19 aliphatic rings. The molecule has 7 spiro atoms. The van der Waals surface area contributed by atoms with Gasteiger partial charge < -0.3 is 43.6 Å². The molecule has 8 heterocycles. The van der Waals surface area contributed by atoms with Crippen molar-refractivity contribution in [3.63, 3.8) is 0 Å². The van der Waals surface area contributed by atoms with E-state index < -0.39 is 98.6 Å². The fraction of sp³-hybridized carbons (Fsp3) is 0.734. The standard InChI is InChI=1S/C79H94N2O11/c1-71-37-49-38-72-25-8-14-51(72)34-52-35-62-73-27-21-45-11-5-15-53(45)56(73)16-6-13-50(73)22-28-75(62)65-63(84)67(85)77(64(49)74(65)41-89-69(86)66(72)78(52,74)92-75)58-32-44(31-43-9-3-2-4-10-43)17-18-46(58)12-7-26-76(71,91-70(87)68-79(71,77)90-68)57-24-30-88-61(57)36-55(60(83)40-82)47-19-20-54-48(33-47)23-29-81-42-80-39-59(54)81/h2-4,6,9-10,13,23-24,29-30,35,44-51,53-56,58-60,62,64-68,80,82-83,85H,5,8,11,14-22,25-28,31-34,36-42H2,1H3/t44-,45-,46-,47+,48+,49+,50-,51+,53-,54-,55-,56-,58-,59-,60+,62-,64+,65-,66-,67+,68+,71-,72-,73+,74+,75-,76-,77-,78-,79+/m0/s1. The van der Waals surface area contributed by atoms with Gasteiger partial charge in [-0.1, -0.05) is 92.7 Å². The van der Waals surface area contributed by atoms with E-state index in [9.17, 15) is 10.2 Å². The zero-order valence-corrected chi connectivity index (χ0v) is 53.7. The Kier molecular flexibility index (Phi) is 11.5. The van der Waals surface area contributed by atoms with E-state index in [1.54, 1.807) is 6.26 Å². The maximum Gasteiger partial charge on any atom is 0.339 e. The molecule has 1 aromatic heterocycles. The van der Waals surface area contributed by atoms with Gasteiger partial charge in [0.2, 0.25) is 0 Å². The van der Waals surface area contributed by atoms with Gasteiger partial charge in [-0.25, -0.2) is 4.79 Å². The number of benzene rings is 1. The van der Waals surface area contributed by atoms with Crippen LogP contribution in [0.5, 0.6) is 0 Å². The van der Waals surface area contributed by atoms with Crippen LogP contribution >= 0.6 is 0 Å². The van der Waals surface area contributed by atoms with E-state index >= 15 is 19.5 Å². The summed E-state index contributed by atoms with van der Waals surface area (Å²) < 4.78 is 38.3. The first-order valence-electron chi connectivity index (χ1n) is 37.2. The van der Waals surface area contributed by atoms with E-state index in [1.807, 2.05) is 6.07 Å². The summed E-state index contributed by atoms with van der Waals surface area (Å²) in [5, 5.41) is 42.2. The second-order valence-electron chi connectivity index (χ2n) is 35.0. The Hall–Kier alpha value is -4.55. The smallest absolute Gasteiger partial charge is 0.339 e. The first kappa shape index (κ1) is 56.6.